The molecule has 0 aromatic carbocycles. The van der Waals surface area contributed by atoms with Gasteiger partial charge >= 0.3 is 0 Å². The van der Waals surface area contributed by atoms with E-state index in [9.17, 15) is 0 Å². The molecule has 5 rings (SSSR count). The van der Waals surface area contributed by atoms with Crippen LogP contribution in [0.5, 0.6) is 0 Å². The van der Waals surface area contributed by atoms with Crippen LogP contribution in [0.1, 0.15) is 6.42 Å². The molecule has 0 saturated carbocycles. The second-order valence-corrected chi connectivity index (χ2v) is 7.62. The van der Waals surface area contributed by atoms with Gasteiger partial charge in [-0.15, -0.1) is 0 Å². The van der Waals surface area contributed by atoms with E-state index in [0.717, 1.165) is 66.5 Å². The van der Waals surface area contributed by atoms with Gasteiger partial charge in [0.1, 0.15) is 11.6 Å². The Labute approximate surface area is 182 Å². The van der Waals surface area contributed by atoms with Crippen LogP contribution >= 0.6 is 0 Å². The van der Waals surface area contributed by atoms with E-state index in [1.54, 1.807) is 12.4 Å². The van der Waals surface area contributed by atoms with Crippen molar-refractivity contribution in [2.24, 2.45) is 0 Å². The van der Waals surface area contributed by atoms with Gasteiger partial charge in [-0.1, -0.05) is 12.1 Å². The zero-order chi connectivity index (χ0) is 20.9. The number of hydrogen-bond donors (Lipinski definition) is 0. The maximum Gasteiger partial charge on any atom is 0.128 e. The molecule has 0 amide bonds. The fraction of sp³-hybridized carbons (Fsp3) is 0.200. The summed E-state index contributed by atoms with van der Waals surface area (Å²) in [6.45, 7) is 3.82. The fourth-order valence-electron chi connectivity index (χ4n) is 3.93. The molecule has 0 N–H and O–H groups in total. The molecule has 0 bridgehead atoms. The maximum absolute atomic E-state index is 4.72. The average molecular weight is 409 g/mol. The highest BCUT2D eigenvalue weighted by atomic mass is 15.3. The number of pyridine rings is 4. The summed E-state index contributed by atoms with van der Waals surface area (Å²) in [7, 11) is 0. The van der Waals surface area contributed by atoms with Crippen LogP contribution in [-0.4, -0.2) is 46.1 Å². The second-order valence-electron chi connectivity index (χ2n) is 7.62. The largest absolute Gasteiger partial charge is 0.355 e. The van der Waals surface area contributed by atoms with Crippen LogP contribution in [0.4, 0.5) is 11.6 Å². The van der Waals surface area contributed by atoms with Crippen LogP contribution in [0, 0.1) is 0 Å². The normalized spacial score (nSPS) is 14.3. The van der Waals surface area contributed by atoms with Gasteiger partial charge in [0.25, 0.3) is 0 Å². The van der Waals surface area contributed by atoms with Gasteiger partial charge in [0, 0.05) is 85.6 Å². The van der Waals surface area contributed by atoms with Gasteiger partial charge < -0.3 is 9.80 Å². The molecule has 0 atom stereocenters. The third-order valence-electron chi connectivity index (χ3n) is 5.63. The molecule has 0 unspecified atom stereocenters. The Morgan fingerprint density at radius 3 is 1.39 bits per heavy atom. The van der Waals surface area contributed by atoms with Crippen LogP contribution in [0.25, 0.3) is 22.3 Å². The molecule has 6 heteroatoms. The SMILES string of the molecule is c1cncc(-c2ccc(N3CCCN(c4ccc(-c5cccnc5)cn4)CC3)nc2)c1. The Balaban J connectivity index is 1.25. The molecular formula is C25H24N6. The Bertz CT molecular complexity index is 1010. The molecule has 6 nitrogen and oxygen atoms in total. The highest BCUT2D eigenvalue weighted by molar-refractivity contribution is 5.64. The zero-order valence-corrected chi connectivity index (χ0v) is 17.3. The summed E-state index contributed by atoms with van der Waals surface area (Å²) in [4.78, 5) is 22.5. The summed E-state index contributed by atoms with van der Waals surface area (Å²) in [6, 6.07) is 16.5. The number of hydrogen-bond acceptors (Lipinski definition) is 6. The van der Waals surface area contributed by atoms with Crippen molar-refractivity contribution >= 4 is 11.6 Å². The molecule has 0 spiro atoms. The van der Waals surface area contributed by atoms with Crippen LogP contribution in [0.2, 0.25) is 0 Å². The van der Waals surface area contributed by atoms with Crippen LogP contribution in [0.15, 0.2) is 85.7 Å². The van der Waals surface area contributed by atoms with Gasteiger partial charge in [0.15, 0.2) is 0 Å². The Morgan fingerprint density at radius 2 is 1.00 bits per heavy atom. The van der Waals surface area contributed by atoms with Gasteiger partial charge in [-0.2, -0.15) is 0 Å². The van der Waals surface area contributed by atoms with Crippen LogP contribution < -0.4 is 9.80 Å². The second kappa shape index (κ2) is 8.92. The highest BCUT2D eigenvalue weighted by Gasteiger charge is 2.17. The molecule has 0 radical (unpaired) electrons. The Hall–Kier alpha value is -3.80. The van der Waals surface area contributed by atoms with E-state index >= 15 is 0 Å². The molecule has 5 heterocycles. The van der Waals surface area contributed by atoms with E-state index in [-0.39, 0.29) is 0 Å². The van der Waals surface area contributed by atoms with E-state index in [4.69, 9.17) is 9.97 Å². The van der Waals surface area contributed by atoms with Crippen LogP contribution in [0.3, 0.4) is 0 Å². The Morgan fingerprint density at radius 1 is 0.516 bits per heavy atom. The fourth-order valence-corrected chi connectivity index (χ4v) is 3.93. The molecule has 154 valence electrons. The van der Waals surface area contributed by atoms with Crippen molar-refractivity contribution in [2.45, 2.75) is 6.42 Å². The van der Waals surface area contributed by atoms with Gasteiger partial charge in [-0.05, 0) is 42.8 Å². The molecule has 1 fully saturated rings. The van der Waals surface area contributed by atoms with Gasteiger partial charge in [-0.25, -0.2) is 9.97 Å². The summed E-state index contributed by atoms with van der Waals surface area (Å²) in [5.74, 6) is 2.05. The van der Waals surface area contributed by atoms with E-state index < -0.39 is 0 Å². The molecule has 1 saturated heterocycles. The third-order valence-corrected chi connectivity index (χ3v) is 5.63. The monoisotopic (exact) mass is 408 g/mol. The van der Waals surface area contributed by atoms with Crippen molar-refractivity contribution in [3.05, 3.63) is 85.7 Å². The topological polar surface area (TPSA) is 58.0 Å². The average Bonchev–Trinajstić information content (AvgIpc) is 3.12. The van der Waals surface area contributed by atoms with Crippen molar-refractivity contribution in [3.8, 4) is 22.3 Å². The minimum atomic E-state index is 0.922. The van der Waals surface area contributed by atoms with Gasteiger partial charge in [0.05, 0.1) is 0 Å². The summed E-state index contributed by atoms with van der Waals surface area (Å²) in [5, 5.41) is 0. The molecule has 4 aromatic rings. The molecule has 4 aromatic heterocycles. The predicted octanol–water partition coefficient (Wildman–Crippen LogP) is 4.32. The van der Waals surface area contributed by atoms with E-state index in [1.807, 2.05) is 36.9 Å². The summed E-state index contributed by atoms with van der Waals surface area (Å²) in [5.41, 5.74) is 4.35. The summed E-state index contributed by atoms with van der Waals surface area (Å²) >= 11 is 0. The number of nitrogens with zero attached hydrogens (tertiary/aromatic N) is 6. The maximum atomic E-state index is 4.72. The molecular weight excluding hydrogens is 384 g/mol. The molecule has 1 aliphatic rings. The lowest BCUT2D eigenvalue weighted by Gasteiger charge is -2.23. The number of rotatable bonds is 4. The van der Waals surface area contributed by atoms with Crippen molar-refractivity contribution in [1.29, 1.82) is 0 Å². The van der Waals surface area contributed by atoms with Crippen molar-refractivity contribution in [2.75, 3.05) is 36.0 Å². The summed E-state index contributed by atoms with van der Waals surface area (Å²) < 4.78 is 0. The molecule has 0 aliphatic carbocycles. The highest BCUT2D eigenvalue weighted by Crippen LogP contribution is 2.23. The third kappa shape index (κ3) is 4.38. The first-order chi connectivity index (χ1) is 15.4. The first kappa shape index (κ1) is 19.2. The lowest BCUT2D eigenvalue weighted by Crippen LogP contribution is -2.31. The lowest BCUT2D eigenvalue weighted by molar-refractivity contribution is 0.794. The molecule has 1 aliphatic heterocycles. The van der Waals surface area contributed by atoms with Crippen LogP contribution in [-0.2, 0) is 0 Å². The van der Waals surface area contributed by atoms with E-state index in [0.29, 0.717) is 0 Å². The van der Waals surface area contributed by atoms with Crippen molar-refractivity contribution < 1.29 is 0 Å². The quantitative estimate of drug-likeness (QED) is 0.501. The van der Waals surface area contributed by atoms with E-state index in [1.165, 1.54) is 0 Å². The first-order valence-electron chi connectivity index (χ1n) is 10.6. The summed E-state index contributed by atoms with van der Waals surface area (Å²) in [6.07, 6.45) is 12.3. The van der Waals surface area contributed by atoms with Gasteiger partial charge in [-0.3, -0.25) is 9.97 Å². The number of aromatic nitrogens is 4. The first-order valence-corrected chi connectivity index (χ1v) is 10.6. The minimum absolute atomic E-state index is 0.922. The smallest absolute Gasteiger partial charge is 0.128 e. The Kier molecular flexibility index (Phi) is 5.52. The minimum Gasteiger partial charge on any atom is -0.355 e. The van der Waals surface area contributed by atoms with E-state index in [2.05, 4.69) is 56.2 Å². The van der Waals surface area contributed by atoms with Gasteiger partial charge in [0.2, 0.25) is 0 Å². The zero-order valence-electron chi connectivity index (χ0n) is 17.3. The standard InChI is InChI=1S/C25H24N6/c1-4-20(16-26-10-1)22-6-8-24(28-18-22)30-12-3-13-31(15-14-30)25-9-7-23(19-29-25)21-5-2-11-27-17-21/h1-2,4-11,16-19H,3,12-15H2. The predicted molar refractivity (Wildman–Crippen MR) is 124 cm³/mol. The molecule has 31 heavy (non-hydrogen) atoms. The van der Waals surface area contributed by atoms with Crippen molar-refractivity contribution in [1.82, 2.24) is 19.9 Å². The number of anilines is 2. The van der Waals surface area contributed by atoms with Crippen molar-refractivity contribution in [3.63, 3.8) is 0 Å². The lowest BCUT2D eigenvalue weighted by atomic mass is 10.1.